The van der Waals surface area contributed by atoms with E-state index >= 15 is 0 Å². The molecule has 1 fully saturated rings. The number of nitrogens with two attached hydrogens (primary N) is 1. The molecule has 1 heterocycles. The number of benzene rings is 1. The monoisotopic (exact) mass is 271 g/mol. The predicted molar refractivity (Wildman–Crippen MR) is 78.9 cm³/mol. The number of anilines is 1. The zero-order valence-electron chi connectivity index (χ0n) is 11.9. The summed E-state index contributed by atoms with van der Waals surface area (Å²) in [7, 11) is 0. The summed E-state index contributed by atoms with van der Waals surface area (Å²) in [6.07, 6.45) is 6.50. The average molecular weight is 271 g/mol. The minimum Gasteiger partial charge on any atom is -0.399 e. The van der Waals surface area contributed by atoms with Gasteiger partial charge in [0.25, 0.3) is 0 Å². The summed E-state index contributed by atoms with van der Waals surface area (Å²) in [6, 6.07) is 7.72. The molecule has 3 rings (SSSR count). The average Bonchev–Trinajstić information content (AvgIpc) is 2.88. The van der Waals surface area contributed by atoms with Gasteiger partial charge in [-0.2, -0.15) is 0 Å². The molecule has 1 saturated carbocycles. The number of aromatic nitrogens is 4. The highest BCUT2D eigenvalue weighted by Gasteiger charge is 2.28. The molecule has 5 heteroatoms. The van der Waals surface area contributed by atoms with Crippen LogP contribution in [0, 0.1) is 5.41 Å². The summed E-state index contributed by atoms with van der Waals surface area (Å²) in [4.78, 5) is 0. The first-order valence-electron chi connectivity index (χ1n) is 7.28. The van der Waals surface area contributed by atoms with Crippen molar-refractivity contribution in [3.05, 3.63) is 24.3 Å². The highest BCUT2D eigenvalue weighted by atomic mass is 15.5. The van der Waals surface area contributed by atoms with Gasteiger partial charge in [0, 0.05) is 11.3 Å². The fourth-order valence-electron chi connectivity index (χ4n) is 3.08. The third-order valence-corrected chi connectivity index (χ3v) is 4.29. The smallest absolute Gasteiger partial charge is 0.182 e. The summed E-state index contributed by atoms with van der Waals surface area (Å²) in [5.41, 5.74) is 7.82. The SMILES string of the molecule is CC1(Cn2nnnc2-c2ccc(N)cc2)CCCCC1. The fraction of sp³-hybridized carbons (Fsp3) is 0.533. The van der Waals surface area contributed by atoms with Crippen LogP contribution in [0.4, 0.5) is 5.69 Å². The van der Waals surface area contributed by atoms with Crippen LogP contribution in [0.15, 0.2) is 24.3 Å². The lowest BCUT2D eigenvalue weighted by molar-refractivity contribution is 0.175. The first-order valence-corrected chi connectivity index (χ1v) is 7.28. The largest absolute Gasteiger partial charge is 0.399 e. The molecule has 1 aromatic carbocycles. The van der Waals surface area contributed by atoms with Crippen LogP contribution in [0.2, 0.25) is 0 Å². The van der Waals surface area contributed by atoms with Crippen molar-refractivity contribution in [3.8, 4) is 11.4 Å². The Morgan fingerprint density at radius 2 is 1.85 bits per heavy atom. The van der Waals surface area contributed by atoms with Gasteiger partial charge in [0.1, 0.15) is 0 Å². The van der Waals surface area contributed by atoms with Gasteiger partial charge >= 0.3 is 0 Å². The van der Waals surface area contributed by atoms with E-state index in [4.69, 9.17) is 5.73 Å². The van der Waals surface area contributed by atoms with Crippen LogP contribution in [-0.2, 0) is 6.54 Å². The third-order valence-electron chi connectivity index (χ3n) is 4.29. The molecule has 20 heavy (non-hydrogen) atoms. The number of rotatable bonds is 3. The van der Waals surface area contributed by atoms with E-state index in [1.54, 1.807) is 0 Å². The van der Waals surface area contributed by atoms with Crippen LogP contribution in [0.25, 0.3) is 11.4 Å². The van der Waals surface area contributed by atoms with Crippen molar-refractivity contribution in [3.63, 3.8) is 0 Å². The zero-order valence-corrected chi connectivity index (χ0v) is 11.9. The number of hydrogen-bond acceptors (Lipinski definition) is 4. The Labute approximate surface area is 119 Å². The number of nitrogen functional groups attached to an aromatic ring is 1. The Morgan fingerprint density at radius 1 is 1.15 bits per heavy atom. The van der Waals surface area contributed by atoms with Gasteiger partial charge in [-0.25, -0.2) is 4.68 Å². The van der Waals surface area contributed by atoms with Crippen molar-refractivity contribution in [2.45, 2.75) is 45.6 Å². The summed E-state index contributed by atoms with van der Waals surface area (Å²) in [5, 5.41) is 12.2. The highest BCUT2D eigenvalue weighted by molar-refractivity contribution is 5.58. The quantitative estimate of drug-likeness (QED) is 0.871. The van der Waals surface area contributed by atoms with Crippen molar-refractivity contribution in [1.82, 2.24) is 20.2 Å². The molecule has 0 spiro atoms. The molecule has 0 aliphatic heterocycles. The van der Waals surface area contributed by atoms with Gasteiger partial charge in [0.2, 0.25) is 0 Å². The zero-order chi connectivity index (χ0) is 14.0. The van der Waals surface area contributed by atoms with Gasteiger partial charge in [-0.15, -0.1) is 5.10 Å². The molecule has 1 aliphatic rings. The van der Waals surface area contributed by atoms with E-state index in [-0.39, 0.29) is 0 Å². The summed E-state index contributed by atoms with van der Waals surface area (Å²) in [5.74, 6) is 0.830. The minimum atomic E-state index is 0.316. The molecular formula is C15H21N5. The molecule has 0 unspecified atom stereocenters. The normalized spacial score (nSPS) is 18.1. The Balaban J connectivity index is 1.84. The van der Waals surface area contributed by atoms with Crippen LogP contribution < -0.4 is 5.73 Å². The molecule has 2 aromatic rings. The van der Waals surface area contributed by atoms with Crippen LogP contribution in [-0.4, -0.2) is 20.2 Å². The molecule has 5 nitrogen and oxygen atoms in total. The standard InChI is InChI=1S/C15H21N5/c1-15(9-3-2-4-10-15)11-20-14(17-18-19-20)12-5-7-13(16)8-6-12/h5-8H,2-4,9-11,16H2,1H3. The molecule has 0 amide bonds. The van der Waals surface area contributed by atoms with Crippen LogP contribution in [0.3, 0.4) is 0 Å². The first-order chi connectivity index (χ1) is 9.66. The molecule has 0 saturated heterocycles. The van der Waals surface area contributed by atoms with E-state index in [9.17, 15) is 0 Å². The first kappa shape index (κ1) is 13.1. The van der Waals surface area contributed by atoms with Gasteiger partial charge in [-0.3, -0.25) is 0 Å². The maximum Gasteiger partial charge on any atom is 0.182 e. The Kier molecular flexibility index (Phi) is 3.42. The lowest BCUT2D eigenvalue weighted by Gasteiger charge is -2.33. The number of tetrazole rings is 1. The van der Waals surface area contributed by atoms with Gasteiger partial charge in [-0.1, -0.05) is 26.2 Å². The summed E-state index contributed by atoms with van der Waals surface area (Å²) < 4.78 is 1.94. The van der Waals surface area contributed by atoms with E-state index < -0.39 is 0 Å². The Morgan fingerprint density at radius 3 is 2.55 bits per heavy atom. The maximum atomic E-state index is 5.73. The highest BCUT2D eigenvalue weighted by Crippen LogP contribution is 2.37. The molecule has 106 valence electrons. The second-order valence-electron chi connectivity index (χ2n) is 6.15. The van der Waals surface area contributed by atoms with Gasteiger partial charge in [0.05, 0.1) is 6.54 Å². The van der Waals surface area contributed by atoms with E-state index in [1.165, 1.54) is 32.1 Å². The van der Waals surface area contributed by atoms with Crippen LogP contribution in [0.5, 0.6) is 0 Å². The van der Waals surface area contributed by atoms with Crippen molar-refractivity contribution < 1.29 is 0 Å². The second-order valence-corrected chi connectivity index (χ2v) is 6.15. The molecule has 0 bridgehead atoms. The predicted octanol–water partition coefficient (Wildman–Crippen LogP) is 2.89. The van der Waals surface area contributed by atoms with Crippen molar-refractivity contribution in [2.75, 3.05) is 5.73 Å². The molecule has 0 atom stereocenters. The Hall–Kier alpha value is -1.91. The Bertz CT molecular complexity index is 566. The lowest BCUT2D eigenvalue weighted by atomic mass is 9.76. The van der Waals surface area contributed by atoms with E-state index in [0.717, 1.165) is 23.6 Å². The van der Waals surface area contributed by atoms with Gasteiger partial charge < -0.3 is 5.73 Å². The molecule has 1 aliphatic carbocycles. The molecule has 1 aromatic heterocycles. The summed E-state index contributed by atoms with van der Waals surface area (Å²) in [6.45, 7) is 3.24. The van der Waals surface area contributed by atoms with Crippen molar-refractivity contribution in [2.24, 2.45) is 5.41 Å². The lowest BCUT2D eigenvalue weighted by Crippen LogP contribution is -2.27. The van der Waals surface area contributed by atoms with Gasteiger partial charge in [0.15, 0.2) is 5.82 Å². The topological polar surface area (TPSA) is 69.6 Å². The fourth-order valence-corrected chi connectivity index (χ4v) is 3.08. The number of hydrogen-bond donors (Lipinski definition) is 1. The molecular weight excluding hydrogens is 250 g/mol. The van der Waals surface area contributed by atoms with Gasteiger partial charge in [-0.05, 0) is 52.9 Å². The molecule has 2 N–H and O–H groups in total. The summed E-state index contributed by atoms with van der Waals surface area (Å²) >= 11 is 0. The second kappa shape index (κ2) is 5.23. The van der Waals surface area contributed by atoms with E-state index in [0.29, 0.717) is 5.41 Å². The number of nitrogens with zero attached hydrogens (tertiary/aromatic N) is 4. The third kappa shape index (κ3) is 2.66. The van der Waals surface area contributed by atoms with E-state index in [1.807, 2.05) is 28.9 Å². The van der Waals surface area contributed by atoms with Crippen LogP contribution in [0.1, 0.15) is 39.0 Å². The van der Waals surface area contributed by atoms with Crippen LogP contribution >= 0.6 is 0 Å². The molecule has 0 radical (unpaired) electrons. The minimum absolute atomic E-state index is 0.316. The maximum absolute atomic E-state index is 5.73. The van der Waals surface area contributed by atoms with E-state index in [2.05, 4.69) is 22.4 Å². The van der Waals surface area contributed by atoms with Crippen molar-refractivity contribution in [1.29, 1.82) is 0 Å². The van der Waals surface area contributed by atoms with Crippen molar-refractivity contribution >= 4 is 5.69 Å².